The number of piperazine rings is 1. The molecule has 35 heavy (non-hydrogen) atoms. The molecule has 2 aliphatic rings. The van der Waals surface area contributed by atoms with Crippen LogP contribution in [0.25, 0.3) is 22.3 Å². The van der Waals surface area contributed by atoms with E-state index in [1.165, 1.54) is 6.07 Å². The predicted octanol–water partition coefficient (Wildman–Crippen LogP) is 2.29. The number of nitrogens with zero attached hydrogens (tertiary/aromatic N) is 5. The molecule has 0 saturated carbocycles. The van der Waals surface area contributed by atoms with Crippen molar-refractivity contribution in [3.8, 4) is 11.3 Å². The van der Waals surface area contributed by atoms with E-state index in [4.69, 9.17) is 9.72 Å². The molecule has 10 heteroatoms. The van der Waals surface area contributed by atoms with Crippen molar-refractivity contribution in [2.24, 2.45) is 0 Å². The molecular formula is C25H30FN7O2. The smallest absolute Gasteiger partial charge is 0.219 e. The molecule has 0 unspecified atom stereocenters. The fourth-order valence-corrected chi connectivity index (χ4v) is 4.59. The Morgan fingerprint density at radius 2 is 2.00 bits per heavy atom. The van der Waals surface area contributed by atoms with Gasteiger partial charge >= 0.3 is 0 Å². The molecule has 1 amide bonds. The maximum atomic E-state index is 15.2. The van der Waals surface area contributed by atoms with Crippen LogP contribution in [0, 0.1) is 5.82 Å². The lowest BCUT2D eigenvalue weighted by molar-refractivity contribution is -0.129. The van der Waals surface area contributed by atoms with Gasteiger partial charge in [-0.05, 0) is 25.1 Å². The van der Waals surface area contributed by atoms with Crippen LogP contribution in [0.15, 0.2) is 36.7 Å². The van der Waals surface area contributed by atoms with Crippen LogP contribution in [0.4, 0.5) is 15.9 Å². The third-order valence-corrected chi connectivity index (χ3v) is 6.62. The average Bonchev–Trinajstić information content (AvgIpc) is 2.87. The second kappa shape index (κ2) is 9.71. The molecular weight excluding hydrogens is 449 g/mol. The van der Waals surface area contributed by atoms with Crippen molar-refractivity contribution in [2.75, 3.05) is 62.6 Å². The molecule has 0 bridgehead atoms. The molecule has 184 valence electrons. The van der Waals surface area contributed by atoms with Crippen molar-refractivity contribution < 1.29 is 13.9 Å². The average molecular weight is 480 g/mol. The molecule has 0 spiro atoms. The van der Waals surface area contributed by atoms with E-state index in [1.54, 1.807) is 30.3 Å². The van der Waals surface area contributed by atoms with Gasteiger partial charge in [0.1, 0.15) is 11.3 Å². The number of aromatic nitrogens is 3. The van der Waals surface area contributed by atoms with Crippen LogP contribution in [0.2, 0.25) is 0 Å². The van der Waals surface area contributed by atoms with Gasteiger partial charge in [0.05, 0.1) is 29.1 Å². The minimum absolute atomic E-state index is 0.0515. The van der Waals surface area contributed by atoms with Crippen LogP contribution >= 0.6 is 0 Å². The number of benzene rings is 1. The molecule has 2 aromatic heterocycles. The third-order valence-electron chi connectivity index (χ3n) is 6.62. The lowest BCUT2D eigenvalue weighted by Gasteiger charge is -2.35. The molecule has 1 atom stereocenters. The monoisotopic (exact) mass is 479 g/mol. The molecule has 2 aliphatic heterocycles. The Labute approximate surface area is 203 Å². The number of carbonyl (C=O) groups excluding carboxylic acids is 1. The number of nitrogens with one attached hydrogen (secondary N) is 2. The van der Waals surface area contributed by atoms with Gasteiger partial charge in [-0.2, -0.15) is 0 Å². The number of hydrogen-bond donors (Lipinski definition) is 2. The summed E-state index contributed by atoms with van der Waals surface area (Å²) in [6.07, 6.45) is 3.27. The first-order valence-corrected chi connectivity index (χ1v) is 11.9. The van der Waals surface area contributed by atoms with E-state index in [-0.39, 0.29) is 17.3 Å². The number of hydrogen-bond acceptors (Lipinski definition) is 8. The van der Waals surface area contributed by atoms with Crippen molar-refractivity contribution in [3.05, 3.63) is 42.5 Å². The van der Waals surface area contributed by atoms with Crippen LogP contribution in [0.5, 0.6) is 0 Å². The molecule has 0 radical (unpaired) electrons. The Kier molecular flexibility index (Phi) is 6.48. The number of amides is 1. The van der Waals surface area contributed by atoms with E-state index in [9.17, 15) is 4.79 Å². The molecule has 2 N–H and O–H groups in total. The number of pyridine rings is 1. The summed E-state index contributed by atoms with van der Waals surface area (Å²) in [5.74, 6) is 0.324. The summed E-state index contributed by atoms with van der Waals surface area (Å²) >= 11 is 0. The zero-order chi connectivity index (χ0) is 24.4. The summed E-state index contributed by atoms with van der Waals surface area (Å²) < 4.78 is 21.2. The largest absolute Gasteiger partial charge is 0.371 e. The molecule has 1 aromatic carbocycles. The summed E-state index contributed by atoms with van der Waals surface area (Å²) in [4.78, 5) is 29.0. The highest BCUT2D eigenvalue weighted by Crippen LogP contribution is 2.30. The fraction of sp³-hybridized carbons (Fsp3) is 0.440. The molecule has 3 aromatic rings. The number of carbonyl (C=O) groups is 1. The summed E-state index contributed by atoms with van der Waals surface area (Å²) in [6, 6.07) is 7.00. The lowest BCUT2D eigenvalue weighted by atomic mass is 10.1. The summed E-state index contributed by atoms with van der Waals surface area (Å²) in [6.45, 7) is 8.77. The van der Waals surface area contributed by atoms with E-state index in [0.29, 0.717) is 73.1 Å². The zero-order valence-electron chi connectivity index (χ0n) is 20.1. The van der Waals surface area contributed by atoms with Gasteiger partial charge in [-0.25, -0.2) is 14.4 Å². The molecule has 2 saturated heterocycles. The van der Waals surface area contributed by atoms with Gasteiger partial charge in [0.15, 0.2) is 5.82 Å². The number of morpholine rings is 1. The summed E-state index contributed by atoms with van der Waals surface area (Å²) in [7, 11) is 0. The highest BCUT2D eigenvalue weighted by atomic mass is 19.1. The summed E-state index contributed by atoms with van der Waals surface area (Å²) in [5, 5.41) is 6.74. The van der Waals surface area contributed by atoms with Crippen LogP contribution in [-0.4, -0.2) is 83.8 Å². The second-order valence-corrected chi connectivity index (χ2v) is 9.27. The molecule has 4 heterocycles. The Balaban J connectivity index is 1.40. The van der Waals surface area contributed by atoms with Gasteiger partial charge in [0.25, 0.3) is 0 Å². The van der Waals surface area contributed by atoms with E-state index < -0.39 is 0 Å². The van der Waals surface area contributed by atoms with Gasteiger partial charge < -0.3 is 25.2 Å². The molecule has 5 rings (SSSR count). The van der Waals surface area contributed by atoms with E-state index in [2.05, 4.69) is 20.6 Å². The Morgan fingerprint density at radius 1 is 1.20 bits per heavy atom. The van der Waals surface area contributed by atoms with Gasteiger partial charge in [-0.1, -0.05) is 6.07 Å². The Bertz CT molecular complexity index is 1220. The highest BCUT2D eigenvalue weighted by Gasteiger charge is 2.28. The van der Waals surface area contributed by atoms with Crippen molar-refractivity contribution in [1.82, 2.24) is 25.2 Å². The molecule has 0 aliphatic carbocycles. The normalized spacial score (nSPS) is 20.8. The van der Waals surface area contributed by atoms with E-state index >= 15 is 4.39 Å². The van der Waals surface area contributed by atoms with Crippen molar-refractivity contribution in [2.45, 2.75) is 19.4 Å². The first-order chi connectivity index (χ1) is 16.9. The number of fused-ring (bicyclic) bond motifs is 1. The first kappa shape index (κ1) is 23.4. The minimum atomic E-state index is -0.370. The van der Waals surface area contributed by atoms with E-state index in [1.807, 2.05) is 24.0 Å². The number of rotatable bonds is 5. The Morgan fingerprint density at radius 3 is 2.71 bits per heavy atom. The maximum Gasteiger partial charge on any atom is 0.219 e. The maximum absolute atomic E-state index is 15.2. The topological polar surface area (TPSA) is 95.5 Å². The highest BCUT2D eigenvalue weighted by molar-refractivity contribution is 5.88. The minimum Gasteiger partial charge on any atom is -0.371 e. The van der Waals surface area contributed by atoms with Crippen LogP contribution in [0.3, 0.4) is 0 Å². The lowest BCUT2D eigenvalue weighted by Crippen LogP contribution is -2.51. The van der Waals surface area contributed by atoms with Crippen LogP contribution in [0.1, 0.15) is 13.8 Å². The van der Waals surface area contributed by atoms with Crippen molar-refractivity contribution in [1.29, 1.82) is 0 Å². The SMILES string of the molecule is CC(=O)N1CCN(c2ccc(-c3cc4nccnc4c(NC[C@@]4(C)CNCCO4)n3)cc2F)CC1. The van der Waals surface area contributed by atoms with Gasteiger partial charge in [-0.15, -0.1) is 0 Å². The van der Waals surface area contributed by atoms with Crippen LogP contribution < -0.4 is 15.5 Å². The molecule has 2 fully saturated rings. The third kappa shape index (κ3) is 5.03. The van der Waals surface area contributed by atoms with Gasteiger partial charge in [0.2, 0.25) is 5.91 Å². The fourth-order valence-electron chi connectivity index (χ4n) is 4.59. The van der Waals surface area contributed by atoms with Gasteiger partial charge in [-0.3, -0.25) is 9.78 Å². The van der Waals surface area contributed by atoms with E-state index in [0.717, 1.165) is 13.1 Å². The van der Waals surface area contributed by atoms with Crippen molar-refractivity contribution in [3.63, 3.8) is 0 Å². The quantitative estimate of drug-likeness (QED) is 0.576. The van der Waals surface area contributed by atoms with Gasteiger partial charge in [0, 0.05) is 70.7 Å². The first-order valence-electron chi connectivity index (χ1n) is 11.9. The van der Waals surface area contributed by atoms with Crippen LogP contribution in [-0.2, 0) is 9.53 Å². The number of ether oxygens (including phenoxy) is 1. The number of anilines is 2. The molecule has 9 nitrogen and oxygen atoms in total. The zero-order valence-corrected chi connectivity index (χ0v) is 20.1. The predicted molar refractivity (Wildman–Crippen MR) is 133 cm³/mol. The van der Waals surface area contributed by atoms with Crippen molar-refractivity contribution >= 4 is 28.4 Å². The summed E-state index contributed by atoms with van der Waals surface area (Å²) in [5.41, 5.74) is 2.77. The number of halogens is 1. The standard InChI is InChI=1S/C25H30FN7O2/c1-17(34)32-8-10-33(11-9-32)22-4-3-18(13-19(22)26)20-14-21-23(29-6-5-28-21)24(31-20)30-16-25(2)15-27-7-12-35-25/h3-6,13-14,27H,7-12,15-16H2,1-2H3,(H,30,31)/t25-/m1/s1. The second-order valence-electron chi connectivity index (χ2n) is 9.27. The Hall–Kier alpha value is -3.37.